The molecule has 108 valence electrons. The summed E-state index contributed by atoms with van der Waals surface area (Å²) in [5, 5.41) is 0. The zero-order valence-corrected chi connectivity index (χ0v) is 12.6. The highest BCUT2D eigenvalue weighted by Crippen LogP contribution is 2.30. The number of rotatable bonds is 8. The Morgan fingerprint density at radius 1 is 1.16 bits per heavy atom. The van der Waals surface area contributed by atoms with Crippen LogP contribution in [0.25, 0.3) is 0 Å². The molecular weight excluding hydrogens is 238 g/mol. The Bertz CT molecular complexity index is 377. The van der Waals surface area contributed by atoms with Gasteiger partial charge in [-0.3, -0.25) is 0 Å². The van der Waals surface area contributed by atoms with Crippen LogP contribution in [-0.4, -0.2) is 18.8 Å². The van der Waals surface area contributed by atoms with Crippen LogP contribution < -0.4 is 15.2 Å². The van der Waals surface area contributed by atoms with Gasteiger partial charge in [0.15, 0.2) is 11.5 Å². The Balaban J connectivity index is 2.84. The van der Waals surface area contributed by atoms with Crippen molar-refractivity contribution in [2.45, 2.75) is 59.1 Å². The smallest absolute Gasteiger partial charge is 0.161 e. The van der Waals surface area contributed by atoms with Gasteiger partial charge in [-0.25, -0.2) is 0 Å². The molecule has 2 atom stereocenters. The van der Waals surface area contributed by atoms with Crippen LogP contribution in [0.15, 0.2) is 18.2 Å². The van der Waals surface area contributed by atoms with E-state index in [1.54, 1.807) is 0 Å². The summed E-state index contributed by atoms with van der Waals surface area (Å²) >= 11 is 0. The van der Waals surface area contributed by atoms with Crippen LogP contribution in [-0.2, 0) is 6.42 Å². The maximum Gasteiger partial charge on any atom is 0.161 e. The molecule has 0 saturated heterocycles. The van der Waals surface area contributed by atoms with Crippen molar-refractivity contribution >= 4 is 0 Å². The van der Waals surface area contributed by atoms with E-state index < -0.39 is 0 Å². The molecule has 0 amide bonds. The maximum absolute atomic E-state index is 5.94. The molecule has 0 aromatic heterocycles. The molecule has 1 rings (SSSR count). The Morgan fingerprint density at radius 2 is 1.89 bits per heavy atom. The molecule has 1 aromatic rings. The van der Waals surface area contributed by atoms with Crippen LogP contribution in [0.1, 0.15) is 46.1 Å². The van der Waals surface area contributed by atoms with Crippen molar-refractivity contribution in [1.29, 1.82) is 0 Å². The summed E-state index contributed by atoms with van der Waals surface area (Å²) in [7, 11) is 0. The number of benzene rings is 1. The fourth-order valence-electron chi connectivity index (χ4n) is 2.10. The summed E-state index contributed by atoms with van der Waals surface area (Å²) in [6.45, 7) is 8.88. The molecular formula is C16H27NO2. The Labute approximate surface area is 117 Å². The van der Waals surface area contributed by atoms with Gasteiger partial charge in [0, 0.05) is 6.04 Å². The van der Waals surface area contributed by atoms with Gasteiger partial charge in [0.25, 0.3) is 0 Å². The quantitative estimate of drug-likeness (QED) is 0.782. The van der Waals surface area contributed by atoms with E-state index in [0.29, 0.717) is 6.61 Å². The lowest BCUT2D eigenvalue weighted by Crippen LogP contribution is -2.18. The molecule has 0 bridgehead atoms. The van der Waals surface area contributed by atoms with Crippen molar-refractivity contribution in [2.75, 3.05) is 6.61 Å². The van der Waals surface area contributed by atoms with Crippen molar-refractivity contribution in [3.05, 3.63) is 23.8 Å². The first-order valence-electron chi connectivity index (χ1n) is 7.24. The Hall–Kier alpha value is -1.22. The fraction of sp³-hybridized carbons (Fsp3) is 0.625. The summed E-state index contributed by atoms with van der Waals surface area (Å²) in [4.78, 5) is 0. The second-order valence-corrected chi connectivity index (χ2v) is 5.11. The zero-order valence-electron chi connectivity index (χ0n) is 12.6. The second kappa shape index (κ2) is 8.05. The van der Waals surface area contributed by atoms with Gasteiger partial charge >= 0.3 is 0 Å². The van der Waals surface area contributed by atoms with Crippen molar-refractivity contribution in [3.8, 4) is 11.5 Å². The minimum Gasteiger partial charge on any atom is -0.490 e. The molecule has 0 aliphatic carbocycles. The largest absolute Gasteiger partial charge is 0.490 e. The first-order chi connectivity index (χ1) is 9.06. The van der Waals surface area contributed by atoms with Crippen LogP contribution >= 0.6 is 0 Å². The normalized spacial score (nSPS) is 13.9. The molecule has 2 N–H and O–H groups in total. The fourth-order valence-corrected chi connectivity index (χ4v) is 2.10. The van der Waals surface area contributed by atoms with Crippen molar-refractivity contribution in [1.82, 2.24) is 0 Å². The van der Waals surface area contributed by atoms with Crippen LogP contribution in [0, 0.1) is 0 Å². The molecule has 0 aliphatic rings. The molecule has 0 heterocycles. The van der Waals surface area contributed by atoms with Crippen LogP contribution in [0.5, 0.6) is 11.5 Å². The molecule has 3 heteroatoms. The van der Waals surface area contributed by atoms with Crippen molar-refractivity contribution < 1.29 is 9.47 Å². The SMILES string of the molecule is CCCC(C)Oc1ccc(CC(C)N)cc1OCC. The highest BCUT2D eigenvalue weighted by atomic mass is 16.5. The lowest BCUT2D eigenvalue weighted by Gasteiger charge is -2.18. The van der Waals surface area contributed by atoms with Gasteiger partial charge in [-0.15, -0.1) is 0 Å². The summed E-state index contributed by atoms with van der Waals surface area (Å²) in [5.74, 6) is 1.65. The van der Waals surface area contributed by atoms with E-state index in [2.05, 4.69) is 19.9 Å². The van der Waals surface area contributed by atoms with Gasteiger partial charge in [-0.2, -0.15) is 0 Å². The summed E-state index contributed by atoms with van der Waals surface area (Å²) in [6, 6.07) is 6.26. The highest BCUT2D eigenvalue weighted by Gasteiger charge is 2.10. The molecule has 3 nitrogen and oxygen atoms in total. The number of hydrogen-bond acceptors (Lipinski definition) is 3. The summed E-state index contributed by atoms with van der Waals surface area (Å²) in [5.41, 5.74) is 7.02. The summed E-state index contributed by atoms with van der Waals surface area (Å²) in [6.07, 6.45) is 3.23. The average Bonchev–Trinajstić information content (AvgIpc) is 2.32. The van der Waals surface area contributed by atoms with E-state index in [9.17, 15) is 0 Å². The van der Waals surface area contributed by atoms with Gasteiger partial charge in [-0.05, 0) is 51.3 Å². The van der Waals surface area contributed by atoms with E-state index in [0.717, 1.165) is 30.8 Å². The van der Waals surface area contributed by atoms with E-state index >= 15 is 0 Å². The lowest BCUT2D eigenvalue weighted by atomic mass is 10.1. The molecule has 0 saturated carbocycles. The third kappa shape index (κ3) is 5.52. The average molecular weight is 265 g/mol. The van der Waals surface area contributed by atoms with E-state index in [4.69, 9.17) is 15.2 Å². The lowest BCUT2D eigenvalue weighted by molar-refractivity contribution is 0.197. The van der Waals surface area contributed by atoms with Crippen LogP contribution in [0.3, 0.4) is 0 Å². The zero-order chi connectivity index (χ0) is 14.3. The monoisotopic (exact) mass is 265 g/mol. The third-order valence-electron chi connectivity index (χ3n) is 2.89. The molecule has 0 aliphatic heterocycles. The van der Waals surface area contributed by atoms with Gasteiger partial charge < -0.3 is 15.2 Å². The summed E-state index contributed by atoms with van der Waals surface area (Å²) < 4.78 is 11.6. The second-order valence-electron chi connectivity index (χ2n) is 5.11. The van der Waals surface area contributed by atoms with Gasteiger partial charge in [0.05, 0.1) is 12.7 Å². The Morgan fingerprint density at radius 3 is 2.47 bits per heavy atom. The van der Waals surface area contributed by atoms with Gasteiger partial charge in [0.1, 0.15) is 0 Å². The van der Waals surface area contributed by atoms with E-state index in [-0.39, 0.29) is 12.1 Å². The molecule has 0 fully saturated rings. The van der Waals surface area contributed by atoms with Crippen molar-refractivity contribution in [3.63, 3.8) is 0 Å². The van der Waals surface area contributed by atoms with Crippen LogP contribution in [0.4, 0.5) is 0 Å². The Kier molecular flexibility index (Phi) is 6.71. The highest BCUT2D eigenvalue weighted by molar-refractivity contribution is 5.43. The predicted octanol–water partition coefficient (Wildman–Crippen LogP) is 3.54. The van der Waals surface area contributed by atoms with E-state index in [1.165, 1.54) is 5.56 Å². The first kappa shape index (κ1) is 15.8. The number of nitrogens with two attached hydrogens (primary N) is 1. The van der Waals surface area contributed by atoms with Crippen LogP contribution in [0.2, 0.25) is 0 Å². The van der Waals surface area contributed by atoms with Gasteiger partial charge in [-0.1, -0.05) is 19.4 Å². The minimum absolute atomic E-state index is 0.153. The number of hydrogen-bond donors (Lipinski definition) is 1. The molecule has 0 spiro atoms. The van der Waals surface area contributed by atoms with Crippen molar-refractivity contribution in [2.24, 2.45) is 5.73 Å². The predicted molar refractivity (Wildman–Crippen MR) is 80.0 cm³/mol. The minimum atomic E-state index is 0.153. The molecule has 2 unspecified atom stereocenters. The molecule has 19 heavy (non-hydrogen) atoms. The van der Waals surface area contributed by atoms with E-state index in [1.807, 2.05) is 26.0 Å². The third-order valence-corrected chi connectivity index (χ3v) is 2.89. The topological polar surface area (TPSA) is 44.5 Å². The first-order valence-corrected chi connectivity index (χ1v) is 7.24. The molecule has 1 aromatic carbocycles. The maximum atomic E-state index is 5.94. The number of ether oxygens (including phenoxy) is 2. The molecule has 0 radical (unpaired) electrons. The van der Waals surface area contributed by atoms with Gasteiger partial charge in [0.2, 0.25) is 0 Å². The standard InChI is InChI=1S/C16H27NO2/c1-5-7-13(4)19-15-9-8-14(10-12(3)17)11-16(15)18-6-2/h8-9,11-13H,5-7,10,17H2,1-4H3.